The van der Waals surface area contributed by atoms with Crippen LogP contribution >= 0.6 is 11.6 Å². The van der Waals surface area contributed by atoms with Crippen LogP contribution in [0.15, 0.2) is 53.0 Å². The summed E-state index contributed by atoms with van der Waals surface area (Å²) in [7, 11) is 2.84. The molecule has 1 N–H and O–H groups in total. The third kappa shape index (κ3) is 4.30. The zero-order valence-corrected chi connectivity index (χ0v) is 15.4. The number of furan rings is 1. The molecule has 0 spiro atoms. The molecule has 0 radical (unpaired) electrons. The Morgan fingerprint density at radius 3 is 2.52 bits per heavy atom. The molecule has 0 aliphatic rings. The number of carbonyl (C=O) groups is 2. The van der Waals surface area contributed by atoms with Gasteiger partial charge in [0.25, 0.3) is 0 Å². The summed E-state index contributed by atoms with van der Waals surface area (Å²) < 4.78 is 15.6. The SMILES string of the molecule is COC(=O)c1ccc(NC(=O)C=Cc2cc3cc(Cl)cc(OC)c3o2)cc1. The molecule has 1 aromatic heterocycles. The molecule has 1 heterocycles. The predicted octanol–water partition coefficient (Wildman–Crippen LogP) is 4.53. The number of rotatable bonds is 5. The summed E-state index contributed by atoms with van der Waals surface area (Å²) in [6.07, 6.45) is 2.89. The summed E-state index contributed by atoms with van der Waals surface area (Å²) in [6.45, 7) is 0. The Labute approximate surface area is 160 Å². The van der Waals surface area contributed by atoms with Gasteiger partial charge in [-0.25, -0.2) is 4.79 Å². The van der Waals surface area contributed by atoms with Crippen LogP contribution in [0.3, 0.4) is 0 Å². The highest BCUT2D eigenvalue weighted by molar-refractivity contribution is 6.31. The molecule has 0 atom stereocenters. The minimum Gasteiger partial charge on any atom is -0.493 e. The Morgan fingerprint density at radius 2 is 1.85 bits per heavy atom. The molecule has 0 unspecified atom stereocenters. The molecule has 0 aliphatic heterocycles. The Kier molecular flexibility index (Phi) is 5.47. The van der Waals surface area contributed by atoms with Gasteiger partial charge in [0.05, 0.1) is 19.8 Å². The molecule has 0 saturated carbocycles. The lowest BCUT2D eigenvalue weighted by molar-refractivity contribution is -0.111. The first kappa shape index (κ1) is 18.5. The number of nitrogens with one attached hydrogen (secondary N) is 1. The van der Waals surface area contributed by atoms with E-state index in [9.17, 15) is 9.59 Å². The number of hydrogen-bond acceptors (Lipinski definition) is 5. The molecule has 27 heavy (non-hydrogen) atoms. The van der Waals surface area contributed by atoms with Crippen LogP contribution in [-0.2, 0) is 9.53 Å². The van der Waals surface area contributed by atoms with E-state index in [1.165, 1.54) is 20.3 Å². The van der Waals surface area contributed by atoms with Crippen molar-refractivity contribution in [1.29, 1.82) is 0 Å². The molecule has 0 fully saturated rings. The van der Waals surface area contributed by atoms with Crippen molar-refractivity contribution in [2.75, 3.05) is 19.5 Å². The van der Waals surface area contributed by atoms with E-state index in [1.807, 2.05) is 0 Å². The van der Waals surface area contributed by atoms with Crippen LogP contribution in [0.5, 0.6) is 5.75 Å². The highest BCUT2D eigenvalue weighted by Crippen LogP contribution is 2.32. The summed E-state index contributed by atoms with van der Waals surface area (Å²) in [4.78, 5) is 23.5. The predicted molar refractivity (Wildman–Crippen MR) is 103 cm³/mol. The quantitative estimate of drug-likeness (QED) is 0.515. The van der Waals surface area contributed by atoms with E-state index >= 15 is 0 Å². The fraction of sp³-hybridized carbons (Fsp3) is 0.100. The van der Waals surface area contributed by atoms with Gasteiger partial charge in [0.1, 0.15) is 5.76 Å². The second kappa shape index (κ2) is 7.97. The fourth-order valence-electron chi connectivity index (χ4n) is 2.49. The highest BCUT2D eigenvalue weighted by atomic mass is 35.5. The smallest absolute Gasteiger partial charge is 0.337 e. The number of halogens is 1. The number of benzene rings is 2. The van der Waals surface area contributed by atoms with Crippen molar-refractivity contribution in [1.82, 2.24) is 0 Å². The van der Waals surface area contributed by atoms with Crippen LogP contribution in [0.4, 0.5) is 5.69 Å². The number of esters is 1. The maximum Gasteiger partial charge on any atom is 0.337 e. The number of fused-ring (bicyclic) bond motifs is 1. The first-order chi connectivity index (χ1) is 13.0. The standard InChI is InChI=1S/C20H16ClNO5/c1-25-17-11-14(21)9-13-10-16(27-19(13)17)7-8-18(23)22-15-5-3-12(4-6-15)20(24)26-2/h3-11H,1-2H3,(H,22,23). The van der Waals surface area contributed by atoms with Gasteiger partial charge in [-0.2, -0.15) is 0 Å². The van der Waals surface area contributed by atoms with Crippen LogP contribution in [0.1, 0.15) is 16.1 Å². The van der Waals surface area contributed by atoms with Crippen molar-refractivity contribution in [2.24, 2.45) is 0 Å². The van der Waals surface area contributed by atoms with Gasteiger partial charge in [0.15, 0.2) is 11.3 Å². The van der Waals surface area contributed by atoms with Crippen LogP contribution in [0.2, 0.25) is 5.02 Å². The molecule has 0 bridgehead atoms. The van der Waals surface area contributed by atoms with E-state index in [-0.39, 0.29) is 5.91 Å². The Hall–Kier alpha value is -3.25. The van der Waals surface area contributed by atoms with Crippen molar-refractivity contribution in [3.8, 4) is 5.75 Å². The molecule has 3 aromatic rings. The van der Waals surface area contributed by atoms with E-state index in [2.05, 4.69) is 10.1 Å². The molecule has 1 amide bonds. The van der Waals surface area contributed by atoms with Gasteiger partial charge in [-0.3, -0.25) is 4.79 Å². The van der Waals surface area contributed by atoms with Gasteiger partial charge in [0.2, 0.25) is 5.91 Å². The highest BCUT2D eigenvalue weighted by Gasteiger charge is 2.10. The van der Waals surface area contributed by atoms with E-state index < -0.39 is 5.97 Å². The summed E-state index contributed by atoms with van der Waals surface area (Å²) in [5.41, 5.74) is 1.51. The second-order valence-corrected chi connectivity index (χ2v) is 6.00. The maximum absolute atomic E-state index is 12.1. The van der Waals surface area contributed by atoms with Crippen molar-refractivity contribution in [3.05, 3.63) is 64.9 Å². The van der Waals surface area contributed by atoms with Crippen molar-refractivity contribution < 1.29 is 23.5 Å². The first-order valence-electron chi connectivity index (χ1n) is 7.94. The average molecular weight is 386 g/mol. The Bertz CT molecular complexity index is 1020. The monoisotopic (exact) mass is 385 g/mol. The molecule has 7 heteroatoms. The molecular weight excluding hydrogens is 370 g/mol. The summed E-state index contributed by atoms with van der Waals surface area (Å²) in [5.74, 6) is 0.230. The summed E-state index contributed by atoms with van der Waals surface area (Å²) in [6, 6.07) is 11.5. The minimum atomic E-state index is -0.437. The lowest BCUT2D eigenvalue weighted by Crippen LogP contribution is -2.08. The largest absolute Gasteiger partial charge is 0.493 e. The molecular formula is C20H16ClNO5. The lowest BCUT2D eigenvalue weighted by atomic mass is 10.2. The number of methoxy groups -OCH3 is 2. The first-order valence-corrected chi connectivity index (χ1v) is 8.32. The van der Waals surface area contributed by atoms with Gasteiger partial charge >= 0.3 is 5.97 Å². The summed E-state index contributed by atoms with van der Waals surface area (Å²) >= 11 is 6.04. The van der Waals surface area contributed by atoms with E-state index in [0.717, 1.165) is 5.39 Å². The van der Waals surface area contributed by atoms with Crippen molar-refractivity contribution in [3.63, 3.8) is 0 Å². The van der Waals surface area contributed by atoms with Crippen molar-refractivity contribution in [2.45, 2.75) is 0 Å². The van der Waals surface area contributed by atoms with Gasteiger partial charge in [0, 0.05) is 28.2 Å². The average Bonchev–Trinajstić information content (AvgIpc) is 3.08. The van der Waals surface area contributed by atoms with Gasteiger partial charge < -0.3 is 19.2 Å². The molecule has 0 saturated heterocycles. The molecule has 2 aromatic carbocycles. The fourth-order valence-corrected chi connectivity index (χ4v) is 2.71. The number of hydrogen-bond donors (Lipinski definition) is 1. The zero-order valence-electron chi connectivity index (χ0n) is 14.6. The Balaban J connectivity index is 1.71. The zero-order chi connectivity index (χ0) is 19.4. The van der Waals surface area contributed by atoms with Crippen LogP contribution < -0.4 is 10.1 Å². The van der Waals surface area contributed by atoms with Crippen molar-refractivity contribution >= 4 is 46.2 Å². The number of carbonyl (C=O) groups excluding carboxylic acids is 2. The third-order valence-corrected chi connectivity index (χ3v) is 3.98. The van der Waals surface area contributed by atoms with E-state index in [1.54, 1.807) is 48.5 Å². The van der Waals surface area contributed by atoms with Gasteiger partial charge in [-0.15, -0.1) is 0 Å². The molecule has 138 valence electrons. The normalized spacial score (nSPS) is 10.9. The van der Waals surface area contributed by atoms with Crippen LogP contribution in [0.25, 0.3) is 17.0 Å². The number of ether oxygens (including phenoxy) is 2. The molecule has 6 nitrogen and oxygen atoms in total. The van der Waals surface area contributed by atoms with E-state index in [4.69, 9.17) is 20.8 Å². The topological polar surface area (TPSA) is 77.8 Å². The number of anilines is 1. The summed E-state index contributed by atoms with van der Waals surface area (Å²) in [5, 5.41) is 4.00. The van der Waals surface area contributed by atoms with Gasteiger partial charge in [-0.1, -0.05) is 11.6 Å². The van der Waals surface area contributed by atoms with Crippen LogP contribution in [0, 0.1) is 0 Å². The maximum atomic E-state index is 12.1. The van der Waals surface area contributed by atoms with Crippen LogP contribution in [-0.4, -0.2) is 26.1 Å². The third-order valence-electron chi connectivity index (χ3n) is 3.76. The van der Waals surface area contributed by atoms with Gasteiger partial charge in [-0.05, 0) is 42.5 Å². The number of amides is 1. The minimum absolute atomic E-state index is 0.341. The second-order valence-electron chi connectivity index (χ2n) is 5.57. The Morgan fingerprint density at radius 1 is 1.11 bits per heavy atom. The van der Waals surface area contributed by atoms with E-state index in [0.29, 0.717) is 33.4 Å². The molecule has 0 aliphatic carbocycles. The lowest BCUT2D eigenvalue weighted by Gasteiger charge is -2.03. The molecule has 3 rings (SSSR count).